The van der Waals surface area contributed by atoms with E-state index >= 15 is 0 Å². The summed E-state index contributed by atoms with van der Waals surface area (Å²) in [5.41, 5.74) is 3.10. The number of fused-ring (bicyclic) bond motifs is 5. The number of esters is 1. The minimum atomic E-state index is -5.13. The molecule has 3 aliphatic rings. The maximum atomic E-state index is 13.6. The zero-order valence-corrected chi connectivity index (χ0v) is 21.9. The highest BCUT2D eigenvalue weighted by atomic mass is 19.4. The Morgan fingerprint density at radius 1 is 1.25 bits per heavy atom. The van der Waals surface area contributed by atoms with Crippen LogP contribution in [0.25, 0.3) is 22.3 Å². The topological polar surface area (TPSA) is 131 Å². The van der Waals surface area contributed by atoms with Gasteiger partial charge in [-0.2, -0.15) is 13.2 Å². The van der Waals surface area contributed by atoms with Crippen molar-refractivity contribution >= 4 is 22.8 Å². The quantitative estimate of drug-likeness (QED) is 0.330. The van der Waals surface area contributed by atoms with Crippen LogP contribution in [0.2, 0.25) is 0 Å². The van der Waals surface area contributed by atoms with Crippen LogP contribution in [0, 0.1) is 13.8 Å². The molecule has 0 unspecified atom stereocenters. The van der Waals surface area contributed by atoms with Gasteiger partial charge in [-0.05, 0) is 67.5 Å². The van der Waals surface area contributed by atoms with Crippen molar-refractivity contribution in [2.45, 2.75) is 77.1 Å². The van der Waals surface area contributed by atoms with Gasteiger partial charge in [-0.3, -0.25) is 9.59 Å². The summed E-state index contributed by atoms with van der Waals surface area (Å²) in [5, 5.41) is 23.8. The van der Waals surface area contributed by atoms with Crippen LogP contribution >= 0.6 is 0 Å². The molecule has 40 heavy (non-hydrogen) atoms. The van der Waals surface area contributed by atoms with Gasteiger partial charge in [0.25, 0.3) is 11.5 Å². The molecule has 3 aromatic rings. The molecule has 1 aromatic carbocycles. The lowest BCUT2D eigenvalue weighted by Gasteiger charge is -2.31. The average molecular weight is 558 g/mol. The number of nitrogens with one attached hydrogen (secondary N) is 1. The standard InChI is InChI=1S/C28H26F3N3O6/c1-4-27(39)16-8-19-22-14(9-34(19)25(37)15(16)10-40-26(27)38)21-17(33-24(36)23(35)28(29,30)31)6-5-13-12(3)11(2)7-18(32-22)20(13)21/h7-8,17,23,35,39H,4-6,9-10H2,1-3H3,(H,33,36)/t17-,23+,27-/m0/s1. The average Bonchev–Trinajstić information content (AvgIpc) is 3.27. The van der Waals surface area contributed by atoms with E-state index in [1.54, 1.807) is 13.0 Å². The number of aryl methyl sites for hydroxylation is 2. The molecular formula is C28H26F3N3O6. The summed E-state index contributed by atoms with van der Waals surface area (Å²) in [6.45, 7) is 5.19. The number of carbonyl (C=O) groups excluding carboxylic acids is 2. The van der Waals surface area contributed by atoms with Crippen molar-refractivity contribution in [2.24, 2.45) is 0 Å². The van der Waals surface area contributed by atoms with Crippen LogP contribution in [-0.2, 0) is 39.5 Å². The number of rotatable bonds is 3. The lowest BCUT2D eigenvalue weighted by molar-refractivity contribution is -0.205. The Labute approximate surface area is 225 Å². The number of aromatic nitrogens is 2. The van der Waals surface area contributed by atoms with Gasteiger partial charge in [0.2, 0.25) is 6.10 Å². The van der Waals surface area contributed by atoms with Crippen molar-refractivity contribution in [3.63, 3.8) is 0 Å². The molecule has 0 saturated carbocycles. The number of amides is 1. The molecule has 0 radical (unpaired) electrons. The molecule has 2 aromatic heterocycles. The molecule has 0 fully saturated rings. The molecule has 0 spiro atoms. The maximum absolute atomic E-state index is 13.6. The Balaban J connectivity index is 1.60. The summed E-state index contributed by atoms with van der Waals surface area (Å²) < 4.78 is 45.9. The SMILES string of the molecule is CC[C@@]1(O)C(=O)OCc2c1cc1n(c2=O)Cc2c-1nc1cc(C)c(C)c3c1c2[C@@H](NC(=O)[C@@H](O)C(F)(F)F)CC3. The Morgan fingerprint density at radius 2 is 1.98 bits per heavy atom. The fourth-order valence-electron chi connectivity index (χ4n) is 6.28. The van der Waals surface area contributed by atoms with Gasteiger partial charge >= 0.3 is 12.1 Å². The Kier molecular flexibility index (Phi) is 5.70. The zero-order valence-electron chi connectivity index (χ0n) is 21.9. The van der Waals surface area contributed by atoms with Gasteiger partial charge < -0.3 is 24.8 Å². The Hall–Kier alpha value is -3.77. The minimum Gasteiger partial charge on any atom is -0.458 e. The molecule has 3 N–H and O–H groups in total. The number of nitrogens with zero attached hydrogens (tertiary/aromatic N) is 2. The fourth-order valence-corrected chi connectivity index (χ4v) is 6.28. The second kappa shape index (κ2) is 8.61. The summed E-state index contributed by atoms with van der Waals surface area (Å²) in [6.07, 6.45) is -7.59. The molecule has 210 valence electrons. The monoisotopic (exact) mass is 557 g/mol. The molecule has 9 nitrogen and oxygen atoms in total. The summed E-state index contributed by atoms with van der Waals surface area (Å²) in [5.74, 6) is -2.41. The van der Waals surface area contributed by atoms with E-state index in [4.69, 9.17) is 9.72 Å². The Bertz CT molecular complexity index is 1710. The van der Waals surface area contributed by atoms with Crippen molar-refractivity contribution in [2.75, 3.05) is 0 Å². The highest BCUT2D eigenvalue weighted by molar-refractivity contribution is 5.94. The van der Waals surface area contributed by atoms with E-state index in [-0.39, 0.29) is 37.1 Å². The van der Waals surface area contributed by atoms with E-state index in [9.17, 15) is 37.8 Å². The first kappa shape index (κ1) is 26.5. The third-order valence-electron chi connectivity index (χ3n) is 8.58. The number of benzene rings is 1. The molecule has 6 rings (SSSR count). The van der Waals surface area contributed by atoms with Crippen molar-refractivity contribution in [1.82, 2.24) is 14.9 Å². The zero-order chi connectivity index (χ0) is 28.9. The van der Waals surface area contributed by atoms with Gasteiger partial charge in [0.1, 0.15) is 6.61 Å². The van der Waals surface area contributed by atoms with Gasteiger partial charge in [-0.1, -0.05) is 6.92 Å². The first-order chi connectivity index (χ1) is 18.8. The van der Waals surface area contributed by atoms with Crippen molar-refractivity contribution < 1.29 is 37.7 Å². The van der Waals surface area contributed by atoms with Crippen LogP contribution in [0.4, 0.5) is 13.2 Å². The fraction of sp³-hybridized carbons (Fsp3) is 0.429. The van der Waals surface area contributed by atoms with Gasteiger partial charge in [-0.25, -0.2) is 9.78 Å². The lowest BCUT2D eigenvalue weighted by Crippen LogP contribution is -2.45. The van der Waals surface area contributed by atoms with Crippen LogP contribution in [0.5, 0.6) is 0 Å². The third kappa shape index (κ3) is 3.55. The maximum Gasteiger partial charge on any atom is 0.423 e. The predicted molar refractivity (Wildman–Crippen MR) is 135 cm³/mol. The smallest absolute Gasteiger partial charge is 0.423 e. The summed E-state index contributed by atoms with van der Waals surface area (Å²) in [4.78, 5) is 43.5. The van der Waals surface area contributed by atoms with Crippen LogP contribution in [-0.4, -0.2) is 43.9 Å². The summed E-state index contributed by atoms with van der Waals surface area (Å²) in [7, 11) is 0. The molecule has 0 bridgehead atoms. The number of aliphatic hydroxyl groups excluding tert-OH is 1. The van der Waals surface area contributed by atoms with E-state index in [1.165, 1.54) is 4.57 Å². The highest BCUT2D eigenvalue weighted by Crippen LogP contribution is 2.46. The van der Waals surface area contributed by atoms with E-state index in [0.29, 0.717) is 39.8 Å². The van der Waals surface area contributed by atoms with Crippen LogP contribution in [0.1, 0.15) is 64.8 Å². The molecule has 0 saturated heterocycles. The van der Waals surface area contributed by atoms with Crippen molar-refractivity contribution in [3.05, 3.63) is 61.4 Å². The number of cyclic esters (lactones) is 1. The van der Waals surface area contributed by atoms with E-state index in [0.717, 1.165) is 16.7 Å². The number of pyridine rings is 2. The summed E-state index contributed by atoms with van der Waals surface area (Å²) >= 11 is 0. The molecule has 1 amide bonds. The van der Waals surface area contributed by atoms with Crippen LogP contribution in [0.3, 0.4) is 0 Å². The predicted octanol–water partition coefficient (Wildman–Crippen LogP) is 2.72. The molecule has 2 aliphatic heterocycles. The highest BCUT2D eigenvalue weighted by Gasteiger charge is 2.47. The second-order valence-electron chi connectivity index (χ2n) is 10.7. The van der Waals surface area contributed by atoms with E-state index < -0.39 is 41.4 Å². The third-order valence-corrected chi connectivity index (χ3v) is 8.58. The first-order valence-corrected chi connectivity index (χ1v) is 13.0. The molecular weight excluding hydrogens is 531 g/mol. The largest absolute Gasteiger partial charge is 0.458 e. The molecule has 4 heterocycles. The number of ether oxygens (including phenoxy) is 1. The van der Waals surface area contributed by atoms with Crippen LogP contribution in [0.15, 0.2) is 16.9 Å². The lowest BCUT2D eigenvalue weighted by atomic mass is 9.80. The molecule has 1 aliphatic carbocycles. The number of carbonyl (C=O) groups is 2. The molecule has 12 heteroatoms. The normalized spacial score (nSPS) is 21.9. The number of hydrogen-bond acceptors (Lipinski definition) is 7. The molecule has 3 atom stereocenters. The van der Waals surface area contributed by atoms with Crippen molar-refractivity contribution in [3.8, 4) is 11.4 Å². The van der Waals surface area contributed by atoms with Gasteiger partial charge in [0, 0.05) is 16.5 Å². The van der Waals surface area contributed by atoms with E-state index in [2.05, 4.69) is 5.32 Å². The number of aliphatic hydroxyl groups is 2. The number of halogens is 3. The first-order valence-electron chi connectivity index (χ1n) is 13.0. The number of hydrogen-bond donors (Lipinski definition) is 3. The number of alkyl halides is 3. The van der Waals surface area contributed by atoms with E-state index in [1.807, 2.05) is 19.9 Å². The van der Waals surface area contributed by atoms with Crippen molar-refractivity contribution in [1.29, 1.82) is 0 Å². The van der Waals surface area contributed by atoms with Gasteiger partial charge in [-0.15, -0.1) is 0 Å². The van der Waals surface area contributed by atoms with Gasteiger partial charge in [0.15, 0.2) is 5.60 Å². The van der Waals surface area contributed by atoms with Gasteiger partial charge in [0.05, 0.1) is 35.1 Å². The second-order valence-corrected chi connectivity index (χ2v) is 10.7. The summed E-state index contributed by atoms with van der Waals surface area (Å²) in [6, 6.07) is 2.53. The minimum absolute atomic E-state index is 0.0219. The Morgan fingerprint density at radius 3 is 2.65 bits per heavy atom. The van der Waals surface area contributed by atoms with Crippen LogP contribution < -0.4 is 10.9 Å².